The third kappa shape index (κ3) is 4.43. The molecule has 17 heavy (non-hydrogen) atoms. The lowest BCUT2D eigenvalue weighted by Gasteiger charge is -2.14. The molecule has 1 heterocycles. The summed E-state index contributed by atoms with van der Waals surface area (Å²) in [7, 11) is 0. The monoisotopic (exact) mass is 228 g/mol. The summed E-state index contributed by atoms with van der Waals surface area (Å²) >= 11 is 0. The fourth-order valence-electron chi connectivity index (χ4n) is 2.02. The van der Waals surface area contributed by atoms with Gasteiger partial charge in [-0.3, -0.25) is 5.01 Å². The molecule has 0 spiro atoms. The summed E-state index contributed by atoms with van der Waals surface area (Å²) < 4.78 is 0. The topological polar surface area (TPSA) is 15.6 Å². The highest BCUT2D eigenvalue weighted by molar-refractivity contribution is 5.77. The van der Waals surface area contributed by atoms with Crippen molar-refractivity contribution in [2.75, 3.05) is 13.1 Å². The summed E-state index contributed by atoms with van der Waals surface area (Å²) in [4.78, 5) is 0. The average molecular weight is 228 g/mol. The minimum Gasteiger partial charge on any atom is -0.297 e. The Kier molecular flexibility index (Phi) is 4.83. The van der Waals surface area contributed by atoms with Crippen LogP contribution in [-0.4, -0.2) is 24.3 Å². The van der Waals surface area contributed by atoms with Gasteiger partial charge < -0.3 is 0 Å². The molecule has 90 valence electrons. The second-order valence-electron chi connectivity index (χ2n) is 4.40. The van der Waals surface area contributed by atoms with Gasteiger partial charge in [0.2, 0.25) is 0 Å². The Balaban J connectivity index is 1.82. The number of rotatable bonds is 3. The van der Waals surface area contributed by atoms with E-state index in [1.165, 1.54) is 31.2 Å². The van der Waals surface area contributed by atoms with Gasteiger partial charge in [0.15, 0.2) is 0 Å². The molecule has 0 N–H and O–H groups in total. The molecule has 0 amide bonds. The third-order valence-corrected chi connectivity index (χ3v) is 2.99. The van der Waals surface area contributed by atoms with Gasteiger partial charge in [0.25, 0.3) is 0 Å². The van der Waals surface area contributed by atoms with Crippen molar-refractivity contribution in [1.29, 1.82) is 0 Å². The van der Waals surface area contributed by atoms with E-state index in [-0.39, 0.29) is 0 Å². The van der Waals surface area contributed by atoms with Crippen LogP contribution in [0, 0.1) is 0 Å². The first kappa shape index (κ1) is 11.9. The molecule has 2 nitrogen and oxygen atoms in total. The standard InChI is InChI=1S/C15H20N2/c1-2-7-14-17(13-6-1)16-12-8-11-15-9-4-3-5-10-15/h3-5,8-12H,1-2,6-7,13-14H2/b11-8+,16-12+. The van der Waals surface area contributed by atoms with Gasteiger partial charge in [0.1, 0.15) is 0 Å². The van der Waals surface area contributed by atoms with Crippen LogP contribution >= 0.6 is 0 Å². The van der Waals surface area contributed by atoms with Crippen molar-refractivity contribution in [1.82, 2.24) is 5.01 Å². The highest BCUT2D eigenvalue weighted by atomic mass is 15.4. The largest absolute Gasteiger partial charge is 0.297 e. The maximum Gasteiger partial charge on any atom is 0.0470 e. The van der Waals surface area contributed by atoms with Crippen LogP contribution in [0.2, 0.25) is 0 Å². The Bertz CT molecular complexity index is 360. The predicted molar refractivity (Wildman–Crippen MR) is 74.0 cm³/mol. The van der Waals surface area contributed by atoms with Crippen molar-refractivity contribution in [2.45, 2.75) is 25.7 Å². The van der Waals surface area contributed by atoms with Crippen molar-refractivity contribution in [3.63, 3.8) is 0 Å². The number of allylic oxidation sites excluding steroid dienone is 1. The van der Waals surface area contributed by atoms with E-state index < -0.39 is 0 Å². The molecule has 2 heteroatoms. The zero-order valence-electron chi connectivity index (χ0n) is 10.3. The van der Waals surface area contributed by atoms with Crippen LogP contribution in [0.5, 0.6) is 0 Å². The van der Waals surface area contributed by atoms with Crippen LogP contribution in [0.4, 0.5) is 0 Å². The minimum atomic E-state index is 1.11. The summed E-state index contributed by atoms with van der Waals surface area (Å²) in [5, 5.41) is 6.66. The molecule has 1 saturated heterocycles. The maximum absolute atomic E-state index is 4.48. The second kappa shape index (κ2) is 6.89. The average Bonchev–Trinajstić information content (AvgIpc) is 2.65. The number of hydrazone groups is 1. The van der Waals surface area contributed by atoms with E-state index in [9.17, 15) is 0 Å². The molecule has 1 aromatic rings. The summed E-state index contributed by atoms with van der Waals surface area (Å²) in [6.07, 6.45) is 11.3. The lowest BCUT2D eigenvalue weighted by atomic mass is 10.2. The number of hydrogen-bond acceptors (Lipinski definition) is 2. The maximum atomic E-state index is 4.48. The van der Waals surface area contributed by atoms with Crippen molar-refractivity contribution < 1.29 is 0 Å². The smallest absolute Gasteiger partial charge is 0.0470 e. The first-order valence-corrected chi connectivity index (χ1v) is 6.46. The van der Waals surface area contributed by atoms with Crippen LogP contribution in [0.15, 0.2) is 41.5 Å². The molecule has 1 aromatic carbocycles. The van der Waals surface area contributed by atoms with Gasteiger partial charge in [0.05, 0.1) is 0 Å². The predicted octanol–water partition coefficient (Wildman–Crippen LogP) is 3.56. The fraction of sp³-hybridized carbons (Fsp3) is 0.400. The summed E-state index contributed by atoms with van der Waals surface area (Å²) in [5.74, 6) is 0. The lowest BCUT2D eigenvalue weighted by Crippen LogP contribution is -2.17. The van der Waals surface area contributed by atoms with Crippen LogP contribution in [0.1, 0.15) is 31.2 Å². The van der Waals surface area contributed by atoms with E-state index in [0.29, 0.717) is 0 Å². The first-order valence-electron chi connectivity index (χ1n) is 6.46. The van der Waals surface area contributed by atoms with Gasteiger partial charge in [-0.1, -0.05) is 49.2 Å². The Morgan fingerprint density at radius 1 is 0.941 bits per heavy atom. The van der Waals surface area contributed by atoms with Gasteiger partial charge in [-0.2, -0.15) is 5.10 Å². The Labute approximate surface area is 104 Å². The normalized spacial score (nSPS) is 17.8. The molecule has 1 aliphatic heterocycles. The van der Waals surface area contributed by atoms with Gasteiger partial charge >= 0.3 is 0 Å². The van der Waals surface area contributed by atoms with Crippen molar-refractivity contribution >= 4 is 12.3 Å². The molecule has 0 aliphatic carbocycles. The Hall–Kier alpha value is -1.57. The molecule has 0 radical (unpaired) electrons. The zero-order chi connectivity index (χ0) is 11.8. The van der Waals surface area contributed by atoms with Gasteiger partial charge in [0, 0.05) is 19.3 Å². The fourth-order valence-corrected chi connectivity index (χ4v) is 2.02. The highest BCUT2D eigenvalue weighted by Crippen LogP contribution is 2.09. The van der Waals surface area contributed by atoms with E-state index in [1.54, 1.807) is 0 Å². The van der Waals surface area contributed by atoms with Crippen LogP contribution in [0.25, 0.3) is 6.08 Å². The molecule has 0 unspecified atom stereocenters. The van der Waals surface area contributed by atoms with Crippen LogP contribution < -0.4 is 0 Å². The minimum absolute atomic E-state index is 1.11. The Morgan fingerprint density at radius 2 is 1.65 bits per heavy atom. The number of benzene rings is 1. The molecule has 1 aliphatic rings. The second-order valence-corrected chi connectivity index (χ2v) is 4.40. The SMILES string of the molecule is C(=C\c1ccccc1)/C=N/N1CCCCCC1. The summed E-state index contributed by atoms with van der Waals surface area (Å²) in [6, 6.07) is 10.3. The molecule has 0 atom stereocenters. The van der Waals surface area contributed by atoms with Crippen molar-refractivity contribution in [2.24, 2.45) is 5.10 Å². The van der Waals surface area contributed by atoms with Crippen LogP contribution in [0.3, 0.4) is 0 Å². The molecule has 0 saturated carbocycles. The molecule has 2 rings (SSSR count). The molecular formula is C15H20N2. The zero-order valence-corrected chi connectivity index (χ0v) is 10.3. The first-order chi connectivity index (χ1) is 8.45. The molecule has 0 aromatic heterocycles. The van der Waals surface area contributed by atoms with Gasteiger partial charge in [-0.25, -0.2) is 0 Å². The van der Waals surface area contributed by atoms with E-state index >= 15 is 0 Å². The van der Waals surface area contributed by atoms with E-state index in [4.69, 9.17) is 0 Å². The number of nitrogens with zero attached hydrogens (tertiary/aromatic N) is 2. The van der Waals surface area contributed by atoms with Crippen molar-refractivity contribution in [3.8, 4) is 0 Å². The lowest BCUT2D eigenvalue weighted by molar-refractivity contribution is 0.302. The highest BCUT2D eigenvalue weighted by Gasteiger charge is 2.04. The molecular weight excluding hydrogens is 208 g/mol. The quantitative estimate of drug-likeness (QED) is 0.722. The summed E-state index contributed by atoms with van der Waals surface area (Å²) in [5.41, 5.74) is 1.22. The molecule has 1 fully saturated rings. The van der Waals surface area contributed by atoms with Crippen LogP contribution in [-0.2, 0) is 0 Å². The van der Waals surface area contributed by atoms with Gasteiger partial charge in [-0.15, -0.1) is 0 Å². The van der Waals surface area contributed by atoms with Gasteiger partial charge in [-0.05, 0) is 24.5 Å². The number of hydrogen-bond donors (Lipinski definition) is 0. The summed E-state index contributed by atoms with van der Waals surface area (Å²) in [6.45, 7) is 2.21. The van der Waals surface area contributed by atoms with E-state index in [0.717, 1.165) is 13.1 Å². The third-order valence-electron chi connectivity index (χ3n) is 2.99. The van der Waals surface area contributed by atoms with Crippen molar-refractivity contribution in [3.05, 3.63) is 42.0 Å². The van der Waals surface area contributed by atoms with E-state index in [1.807, 2.05) is 30.5 Å². The Morgan fingerprint density at radius 3 is 2.35 bits per heavy atom. The van der Waals surface area contributed by atoms with E-state index in [2.05, 4.69) is 28.3 Å². The molecule has 0 bridgehead atoms.